The highest BCUT2D eigenvalue weighted by atomic mass is 35.5. The summed E-state index contributed by atoms with van der Waals surface area (Å²) in [6.07, 6.45) is 2.50. The molecule has 0 unspecified atom stereocenters. The molecular weight excluding hydrogens is 312 g/mol. The lowest BCUT2D eigenvalue weighted by molar-refractivity contribution is 0.0772. The van der Waals surface area contributed by atoms with E-state index in [1.54, 1.807) is 22.8 Å². The Balaban J connectivity index is 2.18. The maximum Gasteiger partial charge on any atom is 0.272 e. The second-order valence-electron chi connectivity index (χ2n) is 6.05. The summed E-state index contributed by atoms with van der Waals surface area (Å²) < 4.78 is 1.77. The molecule has 0 saturated heterocycles. The third-order valence-corrected chi connectivity index (χ3v) is 3.90. The number of hydrogen-bond donors (Lipinski definition) is 0. The van der Waals surface area contributed by atoms with Crippen molar-refractivity contribution >= 4 is 17.5 Å². The molecule has 0 saturated carbocycles. The average Bonchev–Trinajstić information content (AvgIpc) is 2.90. The number of aryl methyl sites for hydroxylation is 1. The zero-order chi connectivity index (χ0) is 17.0. The molecule has 0 bridgehead atoms. The molecule has 2 heterocycles. The first-order valence-corrected chi connectivity index (χ1v) is 8.21. The van der Waals surface area contributed by atoms with Crippen LogP contribution in [0.15, 0.2) is 24.4 Å². The Morgan fingerprint density at radius 3 is 2.78 bits per heavy atom. The van der Waals surface area contributed by atoms with Crippen LogP contribution in [0.2, 0.25) is 5.15 Å². The van der Waals surface area contributed by atoms with E-state index in [1.165, 1.54) is 0 Å². The zero-order valence-electron chi connectivity index (χ0n) is 14.1. The summed E-state index contributed by atoms with van der Waals surface area (Å²) in [6.45, 7) is 7.35. The highest BCUT2D eigenvalue weighted by Crippen LogP contribution is 2.16. The molecule has 0 aliphatic carbocycles. The van der Waals surface area contributed by atoms with Gasteiger partial charge in [-0.05, 0) is 31.4 Å². The fourth-order valence-corrected chi connectivity index (χ4v) is 2.64. The van der Waals surface area contributed by atoms with Crippen LogP contribution in [0.25, 0.3) is 0 Å². The highest BCUT2D eigenvalue weighted by molar-refractivity contribution is 6.30. The number of carbonyl (C=O) groups is 1. The summed E-state index contributed by atoms with van der Waals surface area (Å²) in [4.78, 5) is 18.4. The molecule has 124 valence electrons. The van der Waals surface area contributed by atoms with Crippen molar-refractivity contribution < 1.29 is 4.79 Å². The van der Waals surface area contributed by atoms with Crippen LogP contribution in [0.5, 0.6) is 0 Å². The normalized spacial score (nSPS) is 11.0. The predicted octanol–water partition coefficient (Wildman–Crippen LogP) is 3.42. The van der Waals surface area contributed by atoms with Gasteiger partial charge in [0, 0.05) is 31.9 Å². The van der Waals surface area contributed by atoms with Gasteiger partial charge < -0.3 is 4.90 Å². The van der Waals surface area contributed by atoms with Crippen LogP contribution in [-0.4, -0.2) is 32.6 Å². The van der Waals surface area contributed by atoms with E-state index in [0.717, 1.165) is 17.7 Å². The van der Waals surface area contributed by atoms with Crippen molar-refractivity contribution in [2.45, 2.75) is 40.3 Å². The van der Waals surface area contributed by atoms with Gasteiger partial charge in [0.15, 0.2) is 0 Å². The van der Waals surface area contributed by atoms with Crippen LogP contribution in [0.4, 0.5) is 0 Å². The number of halogens is 1. The SMILES string of the molecule is CCn1nc(CC(C)C)cc1C(=O)N(C)Cc1cccnc1Cl. The predicted molar refractivity (Wildman–Crippen MR) is 91.5 cm³/mol. The van der Waals surface area contributed by atoms with E-state index >= 15 is 0 Å². The minimum atomic E-state index is -0.0609. The van der Waals surface area contributed by atoms with Crippen LogP contribution in [-0.2, 0) is 19.5 Å². The van der Waals surface area contributed by atoms with Crippen LogP contribution < -0.4 is 0 Å². The van der Waals surface area contributed by atoms with E-state index in [-0.39, 0.29) is 5.91 Å². The van der Waals surface area contributed by atoms with E-state index in [4.69, 9.17) is 11.6 Å². The Hall–Kier alpha value is -1.88. The van der Waals surface area contributed by atoms with E-state index in [1.807, 2.05) is 25.1 Å². The molecule has 0 aromatic carbocycles. The summed E-state index contributed by atoms with van der Waals surface area (Å²) in [6, 6.07) is 5.59. The fourth-order valence-electron chi connectivity index (χ4n) is 2.46. The molecule has 6 heteroatoms. The van der Waals surface area contributed by atoms with Crippen molar-refractivity contribution in [2.75, 3.05) is 7.05 Å². The first kappa shape index (κ1) is 17.5. The molecule has 5 nitrogen and oxygen atoms in total. The molecule has 0 spiro atoms. The molecule has 0 atom stereocenters. The number of amides is 1. The van der Waals surface area contributed by atoms with Crippen molar-refractivity contribution in [3.63, 3.8) is 0 Å². The molecule has 0 N–H and O–H groups in total. The first-order chi connectivity index (χ1) is 10.9. The topological polar surface area (TPSA) is 51.0 Å². The molecule has 23 heavy (non-hydrogen) atoms. The van der Waals surface area contributed by atoms with Gasteiger partial charge in [0.05, 0.1) is 5.69 Å². The second kappa shape index (κ2) is 7.59. The quantitative estimate of drug-likeness (QED) is 0.760. The van der Waals surface area contributed by atoms with Crippen molar-refractivity contribution in [3.8, 4) is 0 Å². The Morgan fingerprint density at radius 2 is 2.17 bits per heavy atom. The monoisotopic (exact) mass is 334 g/mol. The smallest absolute Gasteiger partial charge is 0.272 e. The fraction of sp³-hybridized carbons (Fsp3) is 0.471. The first-order valence-electron chi connectivity index (χ1n) is 7.84. The molecule has 0 radical (unpaired) electrons. The molecule has 0 aliphatic heterocycles. The molecule has 2 aromatic heterocycles. The van der Waals surface area contributed by atoms with Gasteiger partial charge in [0.2, 0.25) is 0 Å². The van der Waals surface area contributed by atoms with Crippen molar-refractivity contribution in [3.05, 3.63) is 46.5 Å². The largest absolute Gasteiger partial charge is 0.336 e. The third-order valence-electron chi connectivity index (χ3n) is 3.56. The zero-order valence-corrected chi connectivity index (χ0v) is 14.8. The Kier molecular flexibility index (Phi) is 5.77. The van der Waals surface area contributed by atoms with Crippen molar-refractivity contribution in [1.82, 2.24) is 19.7 Å². The molecule has 0 fully saturated rings. The summed E-state index contributed by atoms with van der Waals surface area (Å²) in [5, 5.41) is 4.96. The molecule has 2 aromatic rings. The lowest BCUT2D eigenvalue weighted by Gasteiger charge is -2.18. The lowest BCUT2D eigenvalue weighted by Crippen LogP contribution is -2.28. The van der Waals surface area contributed by atoms with Crippen molar-refractivity contribution in [2.24, 2.45) is 5.92 Å². The van der Waals surface area contributed by atoms with Gasteiger partial charge in [-0.3, -0.25) is 9.48 Å². The number of nitrogens with zero attached hydrogens (tertiary/aromatic N) is 4. The molecular formula is C17H23ClN4O. The molecule has 2 rings (SSSR count). The summed E-state index contributed by atoms with van der Waals surface area (Å²) >= 11 is 6.07. The Morgan fingerprint density at radius 1 is 1.43 bits per heavy atom. The van der Waals surface area contributed by atoms with Gasteiger partial charge in [-0.25, -0.2) is 4.98 Å². The summed E-state index contributed by atoms with van der Waals surface area (Å²) in [5.41, 5.74) is 2.40. The van der Waals surface area contributed by atoms with Crippen molar-refractivity contribution in [1.29, 1.82) is 0 Å². The Labute approximate surface area is 142 Å². The van der Waals surface area contributed by atoms with E-state index in [0.29, 0.717) is 29.9 Å². The number of carbonyl (C=O) groups excluding carboxylic acids is 1. The Bertz CT molecular complexity index is 681. The van der Waals surface area contributed by atoms with E-state index in [2.05, 4.69) is 23.9 Å². The van der Waals surface area contributed by atoms with Gasteiger partial charge >= 0.3 is 0 Å². The van der Waals surface area contributed by atoms with E-state index < -0.39 is 0 Å². The van der Waals surface area contributed by atoms with Crippen LogP contribution in [0.3, 0.4) is 0 Å². The van der Waals surface area contributed by atoms with E-state index in [9.17, 15) is 4.79 Å². The average molecular weight is 335 g/mol. The second-order valence-corrected chi connectivity index (χ2v) is 6.41. The lowest BCUT2D eigenvalue weighted by atomic mass is 10.1. The van der Waals surface area contributed by atoms with Gasteiger partial charge in [-0.2, -0.15) is 5.10 Å². The van der Waals surface area contributed by atoms with Crippen LogP contribution >= 0.6 is 11.6 Å². The number of rotatable bonds is 6. The number of hydrogen-bond acceptors (Lipinski definition) is 3. The number of aromatic nitrogens is 3. The van der Waals surface area contributed by atoms with Gasteiger partial charge in [0.25, 0.3) is 5.91 Å². The number of pyridine rings is 1. The maximum absolute atomic E-state index is 12.7. The molecule has 1 amide bonds. The molecule has 0 aliphatic rings. The van der Waals surface area contributed by atoms with Crippen LogP contribution in [0.1, 0.15) is 42.5 Å². The van der Waals surface area contributed by atoms with Gasteiger partial charge in [-0.15, -0.1) is 0 Å². The maximum atomic E-state index is 12.7. The minimum absolute atomic E-state index is 0.0609. The van der Waals surface area contributed by atoms with Gasteiger partial charge in [0.1, 0.15) is 10.8 Å². The minimum Gasteiger partial charge on any atom is -0.336 e. The third kappa shape index (κ3) is 4.32. The standard InChI is InChI=1S/C17H23ClN4O/c1-5-22-15(10-14(20-22)9-12(2)3)17(23)21(4)11-13-7-6-8-19-16(13)18/h6-8,10,12H,5,9,11H2,1-4H3. The summed E-state index contributed by atoms with van der Waals surface area (Å²) in [7, 11) is 1.76. The highest BCUT2D eigenvalue weighted by Gasteiger charge is 2.19. The van der Waals surface area contributed by atoms with Crippen LogP contribution in [0, 0.1) is 5.92 Å². The van der Waals surface area contributed by atoms with Gasteiger partial charge in [-0.1, -0.05) is 31.5 Å². The summed E-state index contributed by atoms with van der Waals surface area (Å²) in [5.74, 6) is 0.444.